The van der Waals surface area contributed by atoms with E-state index in [1.54, 1.807) is 30.3 Å². The van der Waals surface area contributed by atoms with E-state index in [1.807, 2.05) is 6.07 Å². The molecule has 0 saturated carbocycles. The predicted octanol–water partition coefficient (Wildman–Crippen LogP) is 3.24. The van der Waals surface area contributed by atoms with Crippen molar-refractivity contribution in [2.24, 2.45) is 0 Å². The Hall–Kier alpha value is -2.71. The Bertz CT molecular complexity index is 783. The highest BCUT2D eigenvalue weighted by Gasteiger charge is 2.15. The lowest BCUT2D eigenvalue weighted by molar-refractivity contribution is 0.102. The van der Waals surface area contributed by atoms with Crippen molar-refractivity contribution in [1.29, 1.82) is 5.26 Å². The number of benzene rings is 2. The lowest BCUT2D eigenvalue weighted by Crippen LogP contribution is -2.17. The van der Waals surface area contributed by atoms with Crippen LogP contribution in [0.5, 0.6) is 11.5 Å². The Morgan fingerprint density at radius 3 is 2.64 bits per heavy atom. The Kier molecular flexibility index (Phi) is 3.86. The first-order chi connectivity index (χ1) is 10.7. The second-order valence-electron chi connectivity index (χ2n) is 4.62. The standard InChI is InChI=1S/C16H11ClN2O3/c17-13-8-12(3-1-11(13)9-18)19-16(20)10-2-4-14-15(7-10)22-6-5-21-14/h1-4,7-8H,5-6H2,(H,19,20). The van der Waals surface area contributed by atoms with E-state index < -0.39 is 0 Å². The maximum atomic E-state index is 12.3. The molecule has 1 aliphatic heterocycles. The summed E-state index contributed by atoms with van der Waals surface area (Å²) in [5.74, 6) is 0.888. The van der Waals surface area contributed by atoms with E-state index >= 15 is 0 Å². The van der Waals surface area contributed by atoms with Crippen molar-refractivity contribution in [3.8, 4) is 17.6 Å². The van der Waals surface area contributed by atoms with Gasteiger partial charge in [-0.1, -0.05) is 11.6 Å². The van der Waals surface area contributed by atoms with Crippen molar-refractivity contribution in [3.05, 3.63) is 52.5 Å². The van der Waals surface area contributed by atoms with E-state index in [-0.39, 0.29) is 5.91 Å². The Morgan fingerprint density at radius 1 is 1.14 bits per heavy atom. The third-order valence-corrected chi connectivity index (χ3v) is 3.46. The minimum absolute atomic E-state index is 0.294. The number of nitriles is 1. The van der Waals surface area contributed by atoms with E-state index in [0.717, 1.165) is 0 Å². The van der Waals surface area contributed by atoms with E-state index in [2.05, 4.69) is 5.32 Å². The second-order valence-corrected chi connectivity index (χ2v) is 5.03. The fraction of sp³-hybridized carbons (Fsp3) is 0.125. The SMILES string of the molecule is N#Cc1ccc(NC(=O)c2ccc3c(c2)OCCO3)cc1Cl. The topological polar surface area (TPSA) is 71.4 Å². The van der Waals surface area contributed by atoms with Gasteiger partial charge in [-0.2, -0.15) is 5.26 Å². The molecular formula is C16H11ClN2O3. The molecule has 0 aliphatic carbocycles. The molecule has 2 aromatic carbocycles. The Balaban J connectivity index is 1.80. The minimum atomic E-state index is -0.294. The summed E-state index contributed by atoms with van der Waals surface area (Å²) in [6, 6.07) is 11.7. The molecule has 5 nitrogen and oxygen atoms in total. The summed E-state index contributed by atoms with van der Waals surface area (Å²) in [7, 11) is 0. The molecule has 2 aromatic rings. The van der Waals surface area contributed by atoms with Gasteiger partial charge < -0.3 is 14.8 Å². The number of anilines is 1. The highest BCUT2D eigenvalue weighted by molar-refractivity contribution is 6.32. The zero-order valence-corrected chi connectivity index (χ0v) is 12.2. The molecule has 0 radical (unpaired) electrons. The van der Waals surface area contributed by atoms with Gasteiger partial charge >= 0.3 is 0 Å². The van der Waals surface area contributed by atoms with E-state index in [0.29, 0.717) is 46.5 Å². The quantitative estimate of drug-likeness (QED) is 0.923. The number of nitrogens with one attached hydrogen (secondary N) is 1. The predicted molar refractivity (Wildman–Crippen MR) is 81.6 cm³/mol. The van der Waals surface area contributed by atoms with Crippen molar-refractivity contribution in [3.63, 3.8) is 0 Å². The normalized spacial score (nSPS) is 12.4. The zero-order chi connectivity index (χ0) is 15.5. The summed E-state index contributed by atoms with van der Waals surface area (Å²) in [5.41, 5.74) is 1.33. The van der Waals surface area contributed by atoms with E-state index in [4.69, 9.17) is 26.3 Å². The molecule has 1 amide bonds. The number of ether oxygens (including phenoxy) is 2. The fourth-order valence-corrected chi connectivity index (χ4v) is 2.29. The zero-order valence-electron chi connectivity index (χ0n) is 11.4. The molecule has 0 spiro atoms. The number of hydrogen-bond donors (Lipinski definition) is 1. The van der Waals surface area contributed by atoms with Gasteiger partial charge in [0, 0.05) is 11.3 Å². The largest absolute Gasteiger partial charge is 0.486 e. The van der Waals surface area contributed by atoms with Crippen LogP contribution in [0.1, 0.15) is 15.9 Å². The van der Waals surface area contributed by atoms with Crippen LogP contribution in [0.3, 0.4) is 0 Å². The van der Waals surface area contributed by atoms with Crippen molar-refractivity contribution in [2.75, 3.05) is 18.5 Å². The molecule has 1 aliphatic rings. The van der Waals surface area contributed by atoms with Gasteiger partial charge in [-0.05, 0) is 36.4 Å². The number of halogens is 1. The van der Waals surface area contributed by atoms with Crippen LogP contribution in [0.25, 0.3) is 0 Å². The van der Waals surface area contributed by atoms with Crippen molar-refractivity contribution < 1.29 is 14.3 Å². The minimum Gasteiger partial charge on any atom is -0.486 e. The summed E-state index contributed by atoms with van der Waals surface area (Å²) in [6.07, 6.45) is 0. The lowest BCUT2D eigenvalue weighted by Gasteiger charge is -2.18. The average Bonchev–Trinajstić information content (AvgIpc) is 2.54. The van der Waals surface area contributed by atoms with Crippen LogP contribution in [0.15, 0.2) is 36.4 Å². The molecule has 22 heavy (non-hydrogen) atoms. The highest BCUT2D eigenvalue weighted by Crippen LogP contribution is 2.31. The molecule has 110 valence electrons. The number of carbonyl (C=O) groups is 1. The van der Waals surface area contributed by atoms with Gasteiger partial charge in [-0.3, -0.25) is 4.79 Å². The molecule has 1 heterocycles. The van der Waals surface area contributed by atoms with Crippen molar-refractivity contribution in [1.82, 2.24) is 0 Å². The maximum absolute atomic E-state index is 12.3. The first-order valence-corrected chi connectivity index (χ1v) is 6.96. The summed E-state index contributed by atoms with van der Waals surface area (Å²) in [5, 5.41) is 11.9. The summed E-state index contributed by atoms with van der Waals surface area (Å²) < 4.78 is 10.9. The van der Waals surface area contributed by atoms with Crippen molar-refractivity contribution in [2.45, 2.75) is 0 Å². The van der Waals surface area contributed by atoms with Gasteiger partial charge in [0.05, 0.1) is 10.6 Å². The van der Waals surface area contributed by atoms with Crippen LogP contribution in [-0.2, 0) is 0 Å². The first-order valence-electron chi connectivity index (χ1n) is 6.58. The van der Waals surface area contributed by atoms with Gasteiger partial charge in [0.2, 0.25) is 0 Å². The van der Waals surface area contributed by atoms with Gasteiger partial charge in [0.15, 0.2) is 11.5 Å². The van der Waals surface area contributed by atoms with Crippen LogP contribution in [0.4, 0.5) is 5.69 Å². The summed E-state index contributed by atoms with van der Waals surface area (Å²) >= 11 is 5.94. The molecule has 0 saturated heterocycles. The number of amides is 1. The van der Waals surface area contributed by atoms with Gasteiger partial charge in [0.25, 0.3) is 5.91 Å². The molecule has 0 fully saturated rings. The molecule has 6 heteroatoms. The molecular weight excluding hydrogens is 304 g/mol. The third-order valence-electron chi connectivity index (χ3n) is 3.15. The smallest absolute Gasteiger partial charge is 0.255 e. The number of nitrogens with zero attached hydrogens (tertiary/aromatic N) is 1. The molecule has 1 N–H and O–H groups in total. The number of fused-ring (bicyclic) bond motifs is 1. The molecule has 0 bridgehead atoms. The molecule has 3 rings (SSSR count). The molecule has 0 unspecified atom stereocenters. The Labute approximate surface area is 132 Å². The number of hydrogen-bond acceptors (Lipinski definition) is 4. The third kappa shape index (κ3) is 2.83. The second kappa shape index (κ2) is 5.96. The van der Waals surface area contributed by atoms with Crippen LogP contribution in [0, 0.1) is 11.3 Å². The fourth-order valence-electron chi connectivity index (χ4n) is 2.07. The maximum Gasteiger partial charge on any atom is 0.255 e. The molecule has 0 aromatic heterocycles. The average molecular weight is 315 g/mol. The summed E-state index contributed by atoms with van der Waals surface area (Å²) in [4.78, 5) is 12.3. The van der Waals surface area contributed by atoms with Crippen LogP contribution < -0.4 is 14.8 Å². The van der Waals surface area contributed by atoms with Gasteiger partial charge in [-0.15, -0.1) is 0 Å². The van der Waals surface area contributed by atoms with E-state index in [9.17, 15) is 4.79 Å². The van der Waals surface area contributed by atoms with E-state index in [1.165, 1.54) is 6.07 Å². The van der Waals surface area contributed by atoms with Crippen molar-refractivity contribution >= 4 is 23.2 Å². The number of carbonyl (C=O) groups excluding carboxylic acids is 1. The number of rotatable bonds is 2. The summed E-state index contributed by atoms with van der Waals surface area (Å²) in [6.45, 7) is 0.964. The monoisotopic (exact) mass is 314 g/mol. The van der Waals surface area contributed by atoms with Gasteiger partial charge in [0.1, 0.15) is 19.3 Å². The van der Waals surface area contributed by atoms with Crippen LogP contribution in [0.2, 0.25) is 5.02 Å². The highest BCUT2D eigenvalue weighted by atomic mass is 35.5. The first kappa shape index (κ1) is 14.2. The Morgan fingerprint density at radius 2 is 1.91 bits per heavy atom. The van der Waals surface area contributed by atoms with Crippen LogP contribution >= 0.6 is 11.6 Å². The molecule has 0 atom stereocenters. The lowest BCUT2D eigenvalue weighted by atomic mass is 10.1. The van der Waals surface area contributed by atoms with Crippen LogP contribution in [-0.4, -0.2) is 19.1 Å². The van der Waals surface area contributed by atoms with Gasteiger partial charge in [-0.25, -0.2) is 0 Å².